The number of hydrogen-bond donors (Lipinski definition) is 1. The van der Waals surface area contributed by atoms with Crippen molar-refractivity contribution in [2.75, 3.05) is 11.9 Å². The summed E-state index contributed by atoms with van der Waals surface area (Å²) in [5, 5.41) is 20.5. The number of anilines is 1. The average molecular weight is 236 g/mol. The lowest BCUT2D eigenvalue weighted by Gasteiger charge is -2.19. The van der Waals surface area contributed by atoms with E-state index < -0.39 is 6.10 Å². The standard InChI is InChI=1S/C12H16N2O3/c1-8(15)9-3-6-11(12(7-9)14(16)17)13(2)10-4-5-10/h3,6-8,10,15H,4-5H2,1-2H3/t8-/m0/s1. The Labute approximate surface area is 99.8 Å². The van der Waals surface area contributed by atoms with E-state index >= 15 is 0 Å². The van der Waals surface area contributed by atoms with Crippen LogP contribution in [-0.2, 0) is 0 Å². The summed E-state index contributed by atoms with van der Waals surface area (Å²) in [6.07, 6.45) is 1.49. The molecule has 1 saturated carbocycles. The molecule has 1 aliphatic carbocycles. The molecule has 1 aromatic rings. The smallest absolute Gasteiger partial charge is 0.292 e. The summed E-state index contributed by atoms with van der Waals surface area (Å²) in [5.74, 6) is 0. The molecule has 0 spiro atoms. The number of aliphatic hydroxyl groups excluding tert-OH is 1. The molecule has 0 bridgehead atoms. The normalized spacial score (nSPS) is 16.6. The van der Waals surface area contributed by atoms with Crippen LogP contribution in [-0.4, -0.2) is 23.1 Å². The topological polar surface area (TPSA) is 66.6 Å². The largest absolute Gasteiger partial charge is 0.389 e. The summed E-state index contributed by atoms with van der Waals surface area (Å²) in [6, 6.07) is 5.34. The lowest BCUT2D eigenvalue weighted by molar-refractivity contribution is -0.384. The minimum atomic E-state index is -0.686. The fraction of sp³-hybridized carbons (Fsp3) is 0.500. The van der Waals surface area contributed by atoms with Crippen LogP contribution in [0.1, 0.15) is 31.4 Å². The van der Waals surface area contributed by atoms with Gasteiger partial charge in [0.25, 0.3) is 5.69 Å². The van der Waals surface area contributed by atoms with E-state index in [0.717, 1.165) is 12.8 Å². The second-order valence-corrected chi connectivity index (χ2v) is 4.52. The summed E-state index contributed by atoms with van der Waals surface area (Å²) in [6.45, 7) is 1.60. The molecule has 2 rings (SSSR count). The first-order valence-corrected chi connectivity index (χ1v) is 5.70. The van der Waals surface area contributed by atoms with Gasteiger partial charge in [0.2, 0.25) is 0 Å². The van der Waals surface area contributed by atoms with E-state index in [1.54, 1.807) is 19.1 Å². The molecule has 1 aromatic carbocycles. The van der Waals surface area contributed by atoms with Gasteiger partial charge in [-0.2, -0.15) is 0 Å². The third-order valence-corrected chi connectivity index (χ3v) is 3.15. The van der Waals surface area contributed by atoms with Crippen LogP contribution >= 0.6 is 0 Å². The average Bonchev–Trinajstić information content (AvgIpc) is 3.10. The molecule has 0 unspecified atom stereocenters. The second kappa shape index (κ2) is 4.33. The molecule has 5 nitrogen and oxygen atoms in total. The zero-order valence-electron chi connectivity index (χ0n) is 9.96. The molecule has 0 radical (unpaired) electrons. The van der Waals surface area contributed by atoms with E-state index in [1.807, 2.05) is 11.9 Å². The Bertz CT molecular complexity index is 441. The number of rotatable bonds is 4. The molecule has 0 saturated heterocycles. The highest BCUT2D eigenvalue weighted by atomic mass is 16.6. The van der Waals surface area contributed by atoms with Crippen molar-refractivity contribution in [3.63, 3.8) is 0 Å². The fourth-order valence-corrected chi connectivity index (χ4v) is 1.90. The Morgan fingerprint density at radius 2 is 2.18 bits per heavy atom. The van der Waals surface area contributed by atoms with E-state index in [9.17, 15) is 15.2 Å². The number of nitro benzene ring substituents is 1. The van der Waals surface area contributed by atoms with Gasteiger partial charge in [-0.15, -0.1) is 0 Å². The molecule has 0 aromatic heterocycles. The Balaban J connectivity index is 2.40. The van der Waals surface area contributed by atoms with Crippen molar-refractivity contribution in [1.82, 2.24) is 0 Å². The van der Waals surface area contributed by atoms with E-state index in [-0.39, 0.29) is 10.6 Å². The zero-order valence-corrected chi connectivity index (χ0v) is 9.96. The third kappa shape index (κ3) is 2.39. The van der Waals surface area contributed by atoms with E-state index in [0.29, 0.717) is 17.3 Å². The van der Waals surface area contributed by atoms with Gasteiger partial charge in [0.05, 0.1) is 11.0 Å². The van der Waals surface area contributed by atoms with Crippen molar-refractivity contribution in [2.45, 2.75) is 31.9 Å². The van der Waals surface area contributed by atoms with E-state index in [2.05, 4.69) is 0 Å². The van der Waals surface area contributed by atoms with Crippen molar-refractivity contribution in [3.05, 3.63) is 33.9 Å². The zero-order chi connectivity index (χ0) is 12.6. The quantitative estimate of drug-likeness (QED) is 0.643. The Morgan fingerprint density at radius 1 is 1.53 bits per heavy atom. The predicted octanol–water partition coefficient (Wildman–Crippen LogP) is 2.25. The monoisotopic (exact) mass is 236 g/mol. The van der Waals surface area contributed by atoms with Crippen molar-refractivity contribution in [2.24, 2.45) is 0 Å². The fourth-order valence-electron chi connectivity index (χ4n) is 1.90. The van der Waals surface area contributed by atoms with Crippen molar-refractivity contribution >= 4 is 11.4 Å². The highest BCUT2D eigenvalue weighted by Crippen LogP contribution is 2.36. The molecule has 92 valence electrons. The Morgan fingerprint density at radius 3 is 2.65 bits per heavy atom. The van der Waals surface area contributed by atoms with Gasteiger partial charge in [-0.05, 0) is 31.4 Å². The highest BCUT2D eigenvalue weighted by Gasteiger charge is 2.30. The van der Waals surface area contributed by atoms with Gasteiger partial charge in [-0.3, -0.25) is 10.1 Å². The lowest BCUT2D eigenvalue weighted by Crippen LogP contribution is -2.20. The van der Waals surface area contributed by atoms with E-state index in [1.165, 1.54) is 6.07 Å². The lowest BCUT2D eigenvalue weighted by atomic mass is 10.1. The number of benzene rings is 1. The van der Waals surface area contributed by atoms with Crippen LogP contribution in [0.4, 0.5) is 11.4 Å². The first-order chi connectivity index (χ1) is 8.00. The van der Waals surface area contributed by atoms with Gasteiger partial charge in [0, 0.05) is 19.2 Å². The minimum Gasteiger partial charge on any atom is -0.389 e. The number of nitrogens with zero attached hydrogens (tertiary/aromatic N) is 2. The molecule has 17 heavy (non-hydrogen) atoms. The molecule has 1 aliphatic rings. The molecule has 1 N–H and O–H groups in total. The first-order valence-electron chi connectivity index (χ1n) is 5.70. The van der Waals surface area contributed by atoms with Crippen molar-refractivity contribution < 1.29 is 10.0 Å². The van der Waals surface area contributed by atoms with Crippen LogP contribution < -0.4 is 4.90 Å². The molecular formula is C12H16N2O3. The highest BCUT2D eigenvalue weighted by molar-refractivity contribution is 5.65. The maximum Gasteiger partial charge on any atom is 0.292 e. The van der Waals surface area contributed by atoms with Gasteiger partial charge in [0.15, 0.2) is 0 Å². The van der Waals surface area contributed by atoms with Gasteiger partial charge in [-0.1, -0.05) is 6.07 Å². The van der Waals surface area contributed by atoms with Gasteiger partial charge < -0.3 is 10.0 Å². The minimum absolute atomic E-state index is 0.0674. The Hall–Kier alpha value is -1.62. The predicted molar refractivity (Wildman–Crippen MR) is 65.2 cm³/mol. The van der Waals surface area contributed by atoms with Crippen LogP contribution in [0, 0.1) is 10.1 Å². The Kier molecular flexibility index (Phi) is 3.02. The third-order valence-electron chi connectivity index (χ3n) is 3.15. The molecule has 5 heteroatoms. The number of aliphatic hydroxyl groups is 1. The van der Waals surface area contributed by atoms with Crippen LogP contribution in [0.25, 0.3) is 0 Å². The maximum absolute atomic E-state index is 11.0. The van der Waals surface area contributed by atoms with Gasteiger partial charge in [0.1, 0.15) is 5.69 Å². The van der Waals surface area contributed by atoms with Crippen LogP contribution in [0.5, 0.6) is 0 Å². The first kappa shape index (κ1) is 11.9. The molecule has 0 heterocycles. The van der Waals surface area contributed by atoms with E-state index in [4.69, 9.17) is 0 Å². The number of hydrogen-bond acceptors (Lipinski definition) is 4. The SMILES string of the molecule is C[C@H](O)c1ccc(N(C)C2CC2)c([N+](=O)[O-])c1. The van der Waals surface area contributed by atoms with Crippen LogP contribution in [0.15, 0.2) is 18.2 Å². The summed E-state index contributed by atoms with van der Waals surface area (Å²) in [4.78, 5) is 12.6. The van der Waals surface area contributed by atoms with Crippen LogP contribution in [0.2, 0.25) is 0 Å². The summed E-state index contributed by atoms with van der Waals surface area (Å²) in [7, 11) is 1.88. The number of nitro groups is 1. The molecule has 1 fully saturated rings. The maximum atomic E-state index is 11.0. The molecule has 0 amide bonds. The summed E-state index contributed by atoms with van der Waals surface area (Å²) >= 11 is 0. The van der Waals surface area contributed by atoms with Gasteiger partial charge in [-0.25, -0.2) is 0 Å². The molecule has 0 aliphatic heterocycles. The summed E-state index contributed by atoms with van der Waals surface area (Å²) < 4.78 is 0. The van der Waals surface area contributed by atoms with Crippen molar-refractivity contribution in [1.29, 1.82) is 0 Å². The van der Waals surface area contributed by atoms with Gasteiger partial charge >= 0.3 is 0 Å². The van der Waals surface area contributed by atoms with Crippen molar-refractivity contribution in [3.8, 4) is 0 Å². The molecular weight excluding hydrogens is 220 g/mol. The summed E-state index contributed by atoms with van der Waals surface area (Å²) in [5.41, 5.74) is 1.27. The van der Waals surface area contributed by atoms with Crippen LogP contribution in [0.3, 0.4) is 0 Å². The second-order valence-electron chi connectivity index (χ2n) is 4.52. The molecule has 1 atom stereocenters.